The number of pyridine rings is 1. The van der Waals surface area contributed by atoms with E-state index in [1.165, 1.54) is 31.6 Å². The highest BCUT2D eigenvalue weighted by molar-refractivity contribution is 5.31. The van der Waals surface area contributed by atoms with Crippen LogP contribution in [0.2, 0.25) is 0 Å². The number of nitrogens with zero attached hydrogens (tertiary/aromatic N) is 4. The lowest BCUT2D eigenvalue weighted by atomic mass is 10.2. The second-order valence-corrected chi connectivity index (χ2v) is 6.51. The lowest BCUT2D eigenvalue weighted by Gasteiger charge is -2.35. The molecule has 0 atom stereocenters. The molecule has 2 fully saturated rings. The van der Waals surface area contributed by atoms with E-state index in [-0.39, 0.29) is 0 Å². The molecule has 2 saturated heterocycles. The van der Waals surface area contributed by atoms with Crippen molar-refractivity contribution < 1.29 is 4.74 Å². The second-order valence-electron chi connectivity index (χ2n) is 6.51. The molecule has 1 aromatic rings. The Morgan fingerprint density at radius 1 is 0.957 bits per heavy atom. The van der Waals surface area contributed by atoms with Crippen molar-refractivity contribution in [2.45, 2.75) is 13.0 Å². The standard InChI is InChI=1S/C17H29N5O/c18-17-14-16(2-3-19-17)15-22-9-7-21(8-10-22)6-5-20-4-1-12-23-13-11-20/h2-3,14H,1,4-13,15H2,(H2,18,19). The number of aromatic nitrogens is 1. The molecule has 23 heavy (non-hydrogen) atoms. The van der Waals surface area contributed by atoms with Crippen molar-refractivity contribution in [2.75, 3.05) is 71.3 Å². The summed E-state index contributed by atoms with van der Waals surface area (Å²) in [7, 11) is 0. The first-order chi connectivity index (χ1) is 11.3. The smallest absolute Gasteiger partial charge is 0.123 e. The van der Waals surface area contributed by atoms with Gasteiger partial charge in [-0.1, -0.05) is 0 Å². The minimum Gasteiger partial charge on any atom is -0.384 e. The number of nitrogen functional groups attached to an aromatic ring is 1. The van der Waals surface area contributed by atoms with Gasteiger partial charge in [-0.15, -0.1) is 0 Å². The summed E-state index contributed by atoms with van der Waals surface area (Å²) in [6.07, 6.45) is 2.97. The number of hydrogen-bond donors (Lipinski definition) is 1. The zero-order valence-corrected chi connectivity index (χ0v) is 14.0. The summed E-state index contributed by atoms with van der Waals surface area (Å²) in [4.78, 5) is 11.7. The molecule has 0 amide bonds. The van der Waals surface area contributed by atoms with E-state index in [0.29, 0.717) is 5.82 Å². The highest BCUT2D eigenvalue weighted by atomic mass is 16.5. The monoisotopic (exact) mass is 319 g/mol. The van der Waals surface area contributed by atoms with Gasteiger partial charge in [-0.25, -0.2) is 4.98 Å². The first-order valence-corrected chi connectivity index (χ1v) is 8.75. The molecule has 0 bridgehead atoms. The zero-order chi connectivity index (χ0) is 15.9. The lowest BCUT2D eigenvalue weighted by molar-refractivity contribution is 0.110. The average Bonchev–Trinajstić information content (AvgIpc) is 2.83. The van der Waals surface area contributed by atoms with Crippen molar-refractivity contribution in [1.82, 2.24) is 19.7 Å². The van der Waals surface area contributed by atoms with Crippen LogP contribution < -0.4 is 5.73 Å². The van der Waals surface area contributed by atoms with Crippen molar-refractivity contribution in [3.63, 3.8) is 0 Å². The Bertz CT molecular complexity index is 468. The van der Waals surface area contributed by atoms with Crippen LogP contribution in [0, 0.1) is 0 Å². The van der Waals surface area contributed by atoms with Crippen molar-refractivity contribution in [2.24, 2.45) is 0 Å². The van der Waals surface area contributed by atoms with Crippen LogP contribution in [0.4, 0.5) is 5.82 Å². The maximum absolute atomic E-state index is 5.76. The SMILES string of the molecule is Nc1cc(CN2CCN(CCN3CCCOCC3)CC2)ccn1. The molecule has 0 aliphatic carbocycles. The molecule has 0 saturated carbocycles. The quantitative estimate of drug-likeness (QED) is 0.853. The van der Waals surface area contributed by atoms with Crippen LogP contribution in [-0.2, 0) is 11.3 Å². The highest BCUT2D eigenvalue weighted by Crippen LogP contribution is 2.10. The summed E-state index contributed by atoms with van der Waals surface area (Å²) in [6.45, 7) is 12.0. The Labute approximate surface area is 139 Å². The molecule has 128 valence electrons. The molecule has 6 heteroatoms. The maximum Gasteiger partial charge on any atom is 0.123 e. The molecule has 2 aliphatic heterocycles. The van der Waals surface area contributed by atoms with Crippen LogP contribution >= 0.6 is 0 Å². The van der Waals surface area contributed by atoms with Gasteiger partial charge in [0, 0.05) is 71.7 Å². The van der Waals surface area contributed by atoms with Gasteiger partial charge in [0.1, 0.15) is 5.82 Å². The fourth-order valence-electron chi connectivity index (χ4n) is 3.33. The summed E-state index contributed by atoms with van der Waals surface area (Å²) < 4.78 is 5.52. The van der Waals surface area contributed by atoms with E-state index in [1.807, 2.05) is 6.07 Å². The van der Waals surface area contributed by atoms with Crippen LogP contribution in [0.1, 0.15) is 12.0 Å². The van der Waals surface area contributed by atoms with E-state index in [2.05, 4.69) is 25.8 Å². The molecule has 3 heterocycles. The van der Waals surface area contributed by atoms with Gasteiger partial charge in [0.15, 0.2) is 0 Å². The number of anilines is 1. The van der Waals surface area contributed by atoms with E-state index in [1.54, 1.807) is 6.20 Å². The van der Waals surface area contributed by atoms with Gasteiger partial charge in [-0.2, -0.15) is 0 Å². The molecule has 0 unspecified atom stereocenters. The number of rotatable bonds is 5. The fraction of sp³-hybridized carbons (Fsp3) is 0.706. The third-order valence-electron chi connectivity index (χ3n) is 4.76. The van der Waals surface area contributed by atoms with Crippen molar-refractivity contribution in [1.29, 1.82) is 0 Å². The van der Waals surface area contributed by atoms with Gasteiger partial charge in [0.05, 0.1) is 6.61 Å². The molecule has 2 aliphatic rings. The van der Waals surface area contributed by atoms with Gasteiger partial charge in [0.25, 0.3) is 0 Å². The van der Waals surface area contributed by atoms with Gasteiger partial charge in [-0.05, 0) is 24.1 Å². The molecule has 0 aromatic carbocycles. The largest absolute Gasteiger partial charge is 0.384 e. The van der Waals surface area contributed by atoms with Crippen molar-refractivity contribution in [3.8, 4) is 0 Å². The van der Waals surface area contributed by atoms with E-state index in [0.717, 1.165) is 52.5 Å². The molecule has 3 rings (SSSR count). The topological polar surface area (TPSA) is 57.9 Å². The van der Waals surface area contributed by atoms with Crippen molar-refractivity contribution >= 4 is 5.82 Å². The lowest BCUT2D eigenvalue weighted by Crippen LogP contribution is -2.48. The molecule has 2 N–H and O–H groups in total. The van der Waals surface area contributed by atoms with E-state index < -0.39 is 0 Å². The number of nitrogens with two attached hydrogens (primary N) is 1. The molecule has 0 spiro atoms. The Morgan fingerprint density at radius 3 is 2.48 bits per heavy atom. The third kappa shape index (κ3) is 5.42. The first-order valence-electron chi connectivity index (χ1n) is 8.75. The fourth-order valence-corrected chi connectivity index (χ4v) is 3.33. The van der Waals surface area contributed by atoms with Crippen LogP contribution in [0.15, 0.2) is 18.3 Å². The van der Waals surface area contributed by atoms with Crippen LogP contribution in [0.3, 0.4) is 0 Å². The third-order valence-corrected chi connectivity index (χ3v) is 4.76. The van der Waals surface area contributed by atoms with Crippen LogP contribution in [0.5, 0.6) is 0 Å². The Kier molecular flexibility index (Phi) is 6.21. The van der Waals surface area contributed by atoms with E-state index in [4.69, 9.17) is 10.5 Å². The summed E-state index contributed by atoms with van der Waals surface area (Å²) in [5.41, 5.74) is 7.02. The number of piperazine rings is 1. The second kappa shape index (κ2) is 8.59. The van der Waals surface area contributed by atoms with Crippen LogP contribution in [-0.4, -0.2) is 85.3 Å². The van der Waals surface area contributed by atoms with Gasteiger partial charge in [-0.3, -0.25) is 14.7 Å². The minimum absolute atomic E-state index is 0.613. The molecular formula is C17H29N5O. The Balaban J connectivity index is 1.36. The molecule has 0 radical (unpaired) electrons. The summed E-state index contributed by atoms with van der Waals surface area (Å²) in [5.74, 6) is 0.613. The normalized spacial score (nSPS) is 22.1. The first kappa shape index (κ1) is 16.6. The minimum atomic E-state index is 0.613. The Hall–Kier alpha value is -1.21. The number of ether oxygens (including phenoxy) is 1. The van der Waals surface area contributed by atoms with Gasteiger partial charge in [0.2, 0.25) is 0 Å². The predicted molar refractivity (Wildman–Crippen MR) is 92.2 cm³/mol. The van der Waals surface area contributed by atoms with Gasteiger partial charge < -0.3 is 10.5 Å². The predicted octanol–water partition coefficient (Wildman–Crippen LogP) is 0.504. The van der Waals surface area contributed by atoms with Crippen molar-refractivity contribution in [3.05, 3.63) is 23.9 Å². The summed E-state index contributed by atoms with van der Waals surface area (Å²) >= 11 is 0. The summed E-state index contributed by atoms with van der Waals surface area (Å²) in [6, 6.07) is 4.04. The molecular weight excluding hydrogens is 290 g/mol. The van der Waals surface area contributed by atoms with Gasteiger partial charge >= 0.3 is 0 Å². The van der Waals surface area contributed by atoms with Crippen LogP contribution in [0.25, 0.3) is 0 Å². The highest BCUT2D eigenvalue weighted by Gasteiger charge is 2.18. The summed E-state index contributed by atoms with van der Waals surface area (Å²) in [5, 5.41) is 0. The molecule has 1 aromatic heterocycles. The number of hydrogen-bond acceptors (Lipinski definition) is 6. The zero-order valence-electron chi connectivity index (χ0n) is 14.0. The molecule has 6 nitrogen and oxygen atoms in total. The maximum atomic E-state index is 5.76. The average molecular weight is 319 g/mol. The Morgan fingerprint density at radius 2 is 1.70 bits per heavy atom. The van der Waals surface area contributed by atoms with E-state index in [9.17, 15) is 0 Å². The van der Waals surface area contributed by atoms with E-state index >= 15 is 0 Å².